The molecule has 0 aromatic heterocycles. The van der Waals surface area contributed by atoms with E-state index in [9.17, 15) is 9.47 Å². The van der Waals surface area contributed by atoms with Gasteiger partial charge in [0.25, 0.3) is 0 Å². The summed E-state index contributed by atoms with van der Waals surface area (Å²) in [6, 6.07) is 0. The van der Waals surface area contributed by atoms with Crippen LogP contribution in [0.1, 0.15) is 6.92 Å². The summed E-state index contributed by atoms with van der Waals surface area (Å²) >= 11 is 5.92. The van der Waals surface area contributed by atoms with Crippen LogP contribution in [0.3, 0.4) is 0 Å². The average molecular weight is 201 g/mol. The van der Waals surface area contributed by atoms with Gasteiger partial charge in [0.05, 0.1) is 5.75 Å². The molecule has 1 atom stereocenters. The van der Waals surface area contributed by atoms with Crippen LogP contribution >= 0.6 is 11.8 Å². The Balaban J connectivity index is 3.49. The topological polar surface area (TPSA) is 49.4 Å². The number of hydrogen-bond acceptors (Lipinski definition) is 5. The minimum atomic E-state index is -2.93. The minimum absolute atomic E-state index is 0.171. The fourth-order valence-corrected chi connectivity index (χ4v) is 2.60. The van der Waals surface area contributed by atoms with Crippen LogP contribution in [0.5, 0.6) is 0 Å². The van der Waals surface area contributed by atoms with Crippen LogP contribution in [0.25, 0.3) is 0 Å². The van der Waals surface area contributed by atoms with Gasteiger partial charge in [-0.25, -0.2) is 4.21 Å². The highest BCUT2D eigenvalue weighted by Crippen LogP contribution is 2.00. The van der Waals surface area contributed by atoms with Crippen LogP contribution in [0.4, 0.5) is 0 Å². The molecule has 62 valence electrons. The van der Waals surface area contributed by atoms with Crippen molar-refractivity contribution in [2.24, 2.45) is 0 Å². The summed E-state index contributed by atoms with van der Waals surface area (Å²) in [5.41, 5.74) is 0. The van der Waals surface area contributed by atoms with Crippen molar-refractivity contribution in [2.45, 2.75) is 6.92 Å². The Morgan fingerprint density at radius 3 is 2.80 bits per heavy atom. The van der Waals surface area contributed by atoms with Gasteiger partial charge in [-0.3, -0.25) is 0 Å². The molecule has 3 nitrogen and oxygen atoms in total. The van der Waals surface area contributed by atoms with Gasteiger partial charge in [-0.15, -0.1) is 0 Å². The van der Waals surface area contributed by atoms with Crippen LogP contribution in [0, 0.1) is 0 Å². The number of rotatable bonds is 5. The molecule has 1 unspecified atom stereocenters. The molecule has 0 aliphatic heterocycles. The molecule has 10 heavy (non-hydrogen) atoms. The van der Waals surface area contributed by atoms with E-state index in [-0.39, 0.29) is 5.75 Å². The van der Waals surface area contributed by atoms with Crippen molar-refractivity contribution in [3.63, 3.8) is 0 Å². The molecule has 0 N–H and O–H groups in total. The predicted molar refractivity (Wildman–Crippen MR) is 44.5 cm³/mol. The van der Waals surface area contributed by atoms with Gasteiger partial charge in [0, 0.05) is 16.9 Å². The first-order valence-corrected chi connectivity index (χ1v) is 6.47. The Morgan fingerprint density at radius 1 is 1.80 bits per heavy atom. The molecule has 0 saturated heterocycles. The molecule has 0 spiro atoms. The van der Waals surface area contributed by atoms with E-state index in [1.54, 1.807) is 11.8 Å². The van der Waals surface area contributed by atoms with E-state index >= 15 is 0 Å². The Bertz CT molecular complexity index is 163. The maximum absolute atomic E-state index is 10.7. The molecule has 0 radical (unpaired) electrons. The summed E-state index contributed by atoms with van der Waals surface area (Å²) in [5.74, 6) is 1.73. The molecule has 0 saturated carbocycles. The van der Waals surface area contributed by atoms with E-state index in [4.69, 9.17) is 0 Å². The summed E-state index contributed by atoms with van der Waals surface area (Å²) in [7, 11) is -2.93. The van der Waals surface area contributed by atoms with E-state index in [1.165, 1.54) is 0 Å². The summed E-state index contributed by atoms with van der Waals surface area (Å²) < 4.78 is 14.1. The largest absolute Gasteiger partial charge is 0.709 e. The van der Waals surface area contributed by atoms with Crippen LogP contribution in [0.2, 0.25) is 0 Å². The second-order valence-electron chi connectivity index (χ2n) is 1.53. The van der Waals surface area contributed by atoms with Crippen molar-refractivity contribution >= 4 is 31.7 Å². The lowest BCUT2D eigenvalue weighted by Crippen LogP contribution is -2.18. The summed E-state index contributed by atoms with van der Waals surface area (Å²) in [6.07, 6.45) is 0. The van der Waals surface area contributed by atoms with E-state index in [0.717, 1.165) is 5.75 Å². The molecule has 0 aromatic carbocycles. The van der Waals surface area contributed by atoms with E-state index in [0.29, 0.717) is 5.75 Å². The third kappa shape index (κ3) is 5.43. The molecule has 0 heterocycles. The zero-order chi connectivity index (χ0) is 8.04. The Morgan fingerprint density at radius 2 is 2.40 bits per heavy atom. The highest BCUT2D eigenvalue weighted by atomic mass is 32.8. The number of thioether (sulfide) groups is 1. The van der Waals surface area contributed by atoms with Gasteiger partial charge >= 0.3 is 0 Å². The van der Waals surface area contributed by atoms with Gasteiger partial charge < -0.3 is 9.59 Å². The SMILES string of the molecule is CCSCCS(=O)(=S)O[O-]. The van der Waals surface area contributed by atoms with Gasteiger partial charge in [0.15, 0.2) is 0 Å². The fraction of sp³-hybridized carbons (Fsp3) is 1.00. The van der Waals surface area contributed by atoms with Crippen molar-refractivity contribution in [3.8, 4) is 0 Å². The van der Waals surface area contributed by atoms with Crippen molar-refractivity contribution < 1.29 is 13.8 Å². The van der Waals surface area contributed by atoms with Crippen molar-refractivity contribution in [1.82, 2.24) is 0 Å². The second-order valence-corrected chi connectivity index (χ2v) is 6.10. The quantitative estimate of drug-likeness (QED) is 0.347. The molecule has 0 aliphatic rings. The third-order valence-corrected chi connectivity index (χ3v) is 3.52. The van der Waals surface area contributed by atoms with Crippen molar-refractivity contribution in [3.05, 3.63) is 0 Å². The van der Waals surface area contributed by atoms with Gasteiger partial charge in [0.1, 0.15) is 8.77 Å². The third-order valence-electron chi connectivity index (χ3n) is 0.785. The molecule has 0 bridgehead atoms. The second kappa shape index (κ2) is 5.31. The number of hydrogen-bond donors (Lipinski definition) is 0. The maximum atomic E-state index is 10.7. The lowest BCUT2D eigenvalue weighted by Gasteiger charge is -2.09. The Kier molecular flexibility index (Phi) is 5.65. The Hall–Kier alpha value is 0.640. The van der Waals surface area contributed by atoms with Crippen LogP contribution < -0.4 is 5.26 Å². The predicted octanol–water partition coefficient (Wildman–Crippen LogP) is -0.307. The lowest BCUT2D eigenvalue weighted by atomic mass is 10.9. The zero-order valence-electron chi connectivity index (χ0n) is 5.57. The van der Waals surface area contributed by atoms with Gasteiger partial charge in [-0.2, -0.15) is 11.8 Å². The molecule has 0 aliphatic carbocycles. The first-order chi connectivity index (χ1) is 4.62. The summed E-state index contributed by atoms with van der Waals surface area (Å²) in [5, 5.41) is 9.66. The van der Waals surface area contributed by atoms with Gasteiger partial charge in [-0.1, -0.05) is 6.92 Å². The summed E-state index contributed by atoms with van der Waals surface area (Å²) in [4.78, 5) is 0. The lowest BCUT2D eigenvalue weighted by molar-refractivity contribution is -0.633. The standard InChI is InChI=1S/C4H10O3S3/c1-2-9-3-4-10(6,8)7-5/h5H,2-4H2,1H3/p-1. The van der Waals surface area contributed by atoms with Crippen LogP contribution in [0.15, 0.2) is 0 Å². The normalized spacial score (nSPS) is 16.6. The van der Waals surface area contributed by atoms with Gasteiger partial charge in [-0.05, 0) is 5.75 Å². The van der Waals surface area contributed by atoms with E-state index < -0.39 is 8.77 Å². The summed E-state index contributed by atoms with van der Waals surface area (Å²) in [6.45, 7) is 1.98. The van der Waals surface area contributed by atoms with Gasteiger partial charge in [0.2, 0.25) is 0 Å². The fourth-order valence-electron chi connectivity index (χ4n) is 0.339. The van der Waals surface area contributed by atoms with Crippen molar-refractivity contribution in [1.29, 1.82) is 0 Å². The van der Waals surface area contributed by atoms with E-state index in [2.05, 4.69) is 15.5 Å². The molecule has 0 fully saturated rings. The minimum Gasteiger partial charge on any atom is -0.709 e. The smallest absolute Gasteiger partial charge is 0.136 e. The molecule has 0 rings (SSSR count). The van der Waals surface area contributed by atoms with Crippen LogP contribution in [-0.4, -0.2) is 21.5 Å². The molecular formula is C4H9O3S3-. The van der Waals surface area contributed by atoms with Crippen LogP contribution in [-0.2, 0) is 24.3 Å². The maximum Gasteiger partial charge on any atom is 0.136 e. The average Bonchev–Trinajstić information content (AvgIpc) is 1.89. The first kappa shape index (κ1) is 10.6. The highest BCUT2D eigenvalue weighted by molar-refractivity contribution is 8.30. The molecule has 0 amide bonds. The van der Waals surface area contributed by atoms with Crippen molar-refractivity contribution in [2.75, 3.05) is 17.3 Å². The Labute approximate surface area is 70.0 Å². The zero-order valence-corrected chi connectivity index (χ0v) is 8.02. The molecular weight excluding hydrogens is 192 g/mol. The molecule has 0 aromatic rings. The highest BCUT2D eigenvalue weighted by Gasteiger charge is 1.99. The van der Waals surface area contributed by atoms with E-state index in [1.807, 2.05) is 6.92 Å². The molecule has 6 heteroatoms. The first-order valence-electron chi connectivity index (χ1n) is 2.74. The monoisotopic (exact) mass is 201 g/mol.